The van der Waals surface area contributed by atoms with Gasteiger partial charge in [0, 0.05) is 5.54 Å². The minimum atomic E-state index is -0.0666. The van der Waals surface area contributed by atoms with E-state index in [1.807, 2.05) is 6.08 Å². The second-order valence-electron chi connectivity index (χ2n) is 6.16. The van der Waals surface area contributed by atoms with Gasteiger partial charge in [-0.3, -0.25) is 0 Å². The van der Waals surface area contributed by atoms with E-state index in [-0.39, 0.29) is 5.54 Å². The molecule has 108 valence electrons. The minimum Gasteiger partial charge on any atom is -0.325 e. The standard InChI is InChI=1S/C17H35N/c1-5-7-8-9-10-11-12-13-14-16(3)17(4,18)15-6-2/h6,16H,2,5,7-15,18H2,1,3-4H3. The van der Waals surface area contributed by atoms with Crippen molar-refractivity contribution in [3.63, 3.8) is 0 Å². The lowest BCUT2D eigenvalue weighted by atomic mass is 9.82. The largest absolute Gasteiger partial charge is 0.325 e. The number of rotatable bonds is 12. The fraction of sp³-hybridized carbons (Fsp3) is 0.882. The molecule has 1 nitrogen and oxygen atoms in total. The molecular weight excluding hydrogens is 218 g/mol. The molecule has 0 amide bonds. The fourth-order valence-corrected chi connectivity index (χ4v) is 2.43. The van der Waals surface area contributed by atoms with Crippen LogP contribution >= 0.6 is 0 Å². The highest BCUT2D eigenvalue weighted by atomic mass is 14.7. The summed E-state index contributed by atoms with van der Waals surface area (Å²) >= 11 is 0. The number of nitrogens with two attached hydrogens (primary N) is 1. The molecule has 0 radical (unpaired) electrons. The number of unbranched alkanes of at least 4 members (excludes halogenated alkanes) is 7. The van der Waals surface area contributed by atoms with E-state index in [0.717, 1.165) is 6.42 Å². The third kappa shape index (κ3) is 8.74. The Morgan fingerprint density at radius 3 is 2.06 bits per heavy atom. The first-order valence-electron chi connectivity index (χ1n) is 7.94. The Labute approximate surface area is 115 Å². The maximum atomic E-state index is 6.30. The van der Waals surface area contributed by atoms with E-state index in [2.05, 4.69) is 27.4 Å². The van der Waals surface area contributed by atoms with Gasteiger partial charge in [-0.25, -0.2) is 0 Å². The zero-order valence-electron chi connectivity index (χ0n) is 13.0. The van der Waals surface area contributed by atoms with Crippen LogP contribution in [0.2, 0.25) is 0 Å². The molecule has 0 aliphatic heterocycles. The average Bonchev–Trinajstić information content (AvgIpc) is 2.32. The van der Waals surface area contributed by atoms with Crippen LogP contribution in [-0.4, -0.2) is 5.54 Å². The molecule has 0 spiro atoms. The van der Waals surface area contributed by atoms with Gasteiger partial charge in [0.2, 0.25) is 0 Å². The van der Waals surface area contributed by atoms with Crippen LogP contribution in [0, 0.1) is 5.92 Å². The smallest absolute Gasteiger partial charge is 0.0186 e. The van der Waals surface area contributed by atoms with E-state index in [0.29, 0.717) is 5.92 Å². The zero-order valence-corrected chi connectivity index (χ0v) is 13.0. The SMILES string of the molecule is C=CCC(C)(N)C(C)CCCCCCCCCC. The summed E-state index contributed by atoms with van der Waals surface area (Å²) in [6.45, 7) is 10.5. The van der Waals surface area contributed by atoms with Crippen molar-refractivity contribution in [3.8, 4) is 0 Å². The van der Waals surface area contributed by atoms with E-state index in [1.54, 1.807) is 0 Å². The number of hydrogen-bond donors (Lipinski definition) is 1. The van der Waals surface area contributed by atoms with Gasteiger partial charge in [0.25, 0.3) is 0 Å². The lowest BCUT2D eigenvalue weighted by Crippen LogP contribution is -2.42. The Hall–Kier alpha value is -0.300. The lowest BCUT2D eigenvalue weighted by molar-refractivity contribution is 0.293. The average molecular weight is 253 g/mol. The zero-order chi connectivity index (χ0) is 13.9. The molecule has 0 bridgehead atoms. The third-order valence-corrected chi connectivity index (χ3v) is 4.20. The Morgan fingerprint density at radius 2 is 1.56 bits per heavy atom. The summed E-state index contributed by atoms with van der Waals surface area (Å²) in [6.07, 6.45) is 15.3. The second kappa shape index (κ2) is 10.6. The van der Waals surface area contributed by atoms with E-state index in [1.165, 1.54) is 57.8 Å². The third-order valence-electron chi connectivity index (χ3n) is 4.20. The monoisotopic (exact) mass is 253 g/mol. The Bertz CT molecular complexity index is 196. The summed E-state index contributed by atoms with van der Waals surface area (Å²) in [7, 11) is 0. The predicted molar refractivity (Wildman–Crippen MR) is 83.8 cm³/mol. The molecule has 2 N–H and O–H groups in total. The van der Waals surface area contributed by atoms with Gasteiger partial charge < -0.3 is 5.73 Å². The van der Waals surface area contributed by atoms with Crippen molar-refractivity contribution in [1.29, 1.82) is 0 Å². The van der Waals surface area contributed by atoms with Crippen molar-refractivity contribution in [1.82, 2.24) is 0 Å². The molecule has 0 heterocycles. The first-order valence-corrected chi connectivity index (χ1v) is 7.94. The highest BCUT2D eigenvalue weighted by molar-refractivity contribution is 4.90. The number of hydrogen-bond acceptors (Lipinski definition) is 1. The van der Waals surface area contributed by atoms with Crippen molar-refractivity contribution < 1.29 is 0 Å². The van der Waals surface area contributed by atoms with Gasteiger partial charge in [-0.05, 0) is 25.7 Å². The molecule has 1 heteroatoms. The van der Waals surface area contributed by atoms with Gasteiger partial charge in [0.15, 0.2) is 0 Å². The molecule has 2 atom stereocenters. The molecule has 0 rings (SSSR count). The Morgan fingerprint density at radius 1 is 1.06 bits per heavy atom. The Balaban J connectivity index is 3.45. The maximum absolute atomic E-state index is 6.30. The van der Waals surface area contributed by atoms with Crippen molar-refractivity contribution in [2.24, 2.45) is 11.7 Å². The van der Waals surface area contributed by atoms with Gasteiger partial charge in [-0.15, -0.1) is 6.58 Å². The van der Waals surface area contributed by atoms with Crippen LogP contribution in [0.5, 0.6) is 0 Å². The molecule has 0 aromatic heterocycles. The van der Waals surface area contributed by atoms with Crippen LogP contribution in [0.4, 0.5) is 0 Å². The van der Waals surface area contributed by atoms with E-state index >= 15 is 0 Å². The minimum absolute atomic E-state index is 0.0666. The fourth-order valence-electron chi connectivity index (χ4n) is 2.43. The van der Waals surface area contributed by atoms with Crippen LogP contribution in [0.3, 0.4) is 0 Å². The second-order valence-corrected chi connectivity index (χ2v) is 6.16. The Kier molecular flexibility index (Phi) is 10.4. The quantitative estimate of drug-likeness (QED) is 0.363. The van der Waals surface area contributed by atoms with Crippen molar-refractivity contribution in [3.05, 3.63) is 12.7 Å². The van der Waals surface area contributed by atoms with Gasteiger partial charge >= 0.3 is 0 Å². The maximum Gasteiger partial charge on any atom is 0.0186 e. The van der Waals surface area contributed by atoms with Gasteiger partial charge in [0.1, 0.15) is 0 Å². The topological polar surface area (TPSA) is 26.0 Å². The van der Waals surface area contributed by atoms with Gasteiger partial charge in [-0.2, -0.15) is 0 Å². The summed E-state index contributed by atoms with van der Waals surface area (Å²) in [5.41, 5.74) is 6.23. The molecule has 0 aromatic carbocycles. The molecule has 0 saturated carbocycles. The van der Waals surface area contributed by atoms with E-state index in [4.69, 9.17) is 5.73 Å². The molecular formula is C17H35N. The van der Waals surface area contributed by atoms with Crippen LogP contribution in [0.15, 0.2) is 12.7 Å². The molecule has 0 saturated heterocycles. The molecule has 2 unspecified atom stereocenters. The first-order chi connectivity index (χ1) is 8.54. The van der Waals surface area contributed by atoms with Gasteiger partial charge in [-0.1, -0.05) is 71.3 Å². The summed E-state index contributed by atoms with van der Waals surface area (Å²) in [5, 5.41) is 0. The van der Waals surface area contributed by atoms with Crippen LogP contribution in [-0.2, 0) is 0 Å². The normalized spacial score (nSPS) is 16.2. The van der Waals surface area contributed by atoms with E-state index in [9.17, 15) is 0 Å². The van der Waals surface area contributed by atoms with Crippen molar-refractivity contribution >= 4 is 0 Å². The molecule has 0 aliphatic rings. The van der Waals surface area contributed by atoms with Crippen LogP contribution in [0.25, 0.3) is 0 Å². The van der Waals surface area contributed by atoms with Crippen molar-refractivity contribution in [2.75, 3.05) is 0 Å². The van der Waals surface area contributed by atoms with Crippen LogP contribution in [0.1, 0.15) is 85.0 Å². The van der Waals surface area contributed by atoms with Gasteiger partial charge in [0.05, 0.1) is 0 Å². The molecule has 0 fully saturated rings. The predicted octanol–water partition coefficient (Wildman–Crippen LogP) is 5.45. The van der Waals surface area contributed by atoms with Crippen molar-refractivity contribution in [2.45, 2.75) is 90.5 Å². The highest BCUT2D eigenvalue weighted by Crippen LogP contribution is 2.24. The summed E-state index contributed by atoms with van der Waals surface area (Å²) in [5.74, 6) is 0.593. The van der Waals surface area contributed by atoms with Crippen LogP contribution < -0.4 is 5.73 Å². The summed E-state index contributed by atoms with van der Waals surface area (Å²) in [4.78, 5) is 0. The van der Waals surface area contributed by atoms with E-state index < -0.39 is 0 Å². The molecule has 0 aromatic rings. The molecule has 0 aliphatic carbocycles. The lowest BCUT2D eigenvalue weighted by Gasteiger charge is -2.30. The highest BCUT2D eigenvalue weighted by Gasteiger charge is 2.24. The first kappa shape index (κ1) is 17.7. The summed E-state index contributed by atoms with van der Waals surface area (Å²) < 4.78 is 0. The molecule has 18 heavy (non-hydrogen) atoms. The summed E-state index contributed by atoms with van der Waals surface area (Å²) in [6, 6.07) is 0.